The van der Waals surface area contributed by atoms with E-state index in [0.29, 0.717) is 16.4 Å². The lowest BCUT2D eigenvalue weighted by molar-refractivity contribution is 0.102. The number of amides is 1. The molecule has 10 heteroatoms. The van der Waals surface area contributed by atoms with Crippen LogP contribution in [-0.4, -0.2) is 24.5 Å². The van der Waals surface area contributed by atoms with Crippen molar-refractivity contribution in [3.8, 4) is 0 Å². The Bertz CT molecular complexity index is 1340. The highest BCUT2D eigenvalue weighted by molar-refractivity contribution is 8.00. The van der Waals surface area contributed by atoms with Crippen LogP contribution in [0.3, 0.4) is 0 Å². The maximum Gasteiger partial charge on any atom is 0.261 e. The zero-order chi connectivity index (χ0) is 23.3. The molecule has 7 nitrogen and oxygen atoms in total. The lowest BCUT2D eigenvalue weighted by Crippen LogP contribution is -2.14. The average molecular weight is 497 g/mol. The van der Waals surface area contributed by atoms with Gasteiger partial charge < -0.3 is 0 Å². The Morgan fingerprint density at radius 3 is 2.33 bits per heavy atom. The van der Waals surface area contributed by atoms with Crippen molar-refractivity contribution in [1.82, 2.24) is 10.2 Å². The standard InChI is InChI=1S/C23H20N4O3S3/c1-16-7-13-20(14-8-16)33(29,30)27-19-11-9-18(10-12-19)21(28)24-22-25-26-23(32-22)31-15-17-5-3-2-4-6-17/h2-14,27H,15H2,1H3,(H,24,25,28). The second-order valence-corrected chi connectivity index (χ2v) is 11.0. The monoisotopic (exact) mass is 496 g/mol. The maximum atomic E-state index is 12.5. The highest BCUT2D eigenvalue weighted by Crippen LogP contribution is 2.28. The molecule has 0 saturated heterocycles. The molecule has 0 atom stereocenters. The Kier molecular flexibility index (Phi) is 7.07. The molecule has 0 saturated carbocycles. The van der Waals surface area contributed by atoms with Crippen molar-refractivity contribution in [2.45, 2.75) is 21.9 Å². The van der Waals surface area contributed by atoms with Crippen LogP contribution in [0.5, 0.6) is 0 Å². The number of aromatic nitrogens is 2. The molecule has 1 amide bonds. The molecule has 3 aromatic carbocycles. The minimum atomic E-state index is -3.70. The SMILES string of the molecule is Cc1ccc(S(=O)(=O)Nc2ccc(C(=O)Nc3nnc(SCc4ccccc4)s3)cc2)cc1. The van der Waals surface area contributed by atoms with Gasteiger partial charge in [-0.1, -0.05) is 71.1 Å². The summed E-state index contributed by atoms with van der Waals surface area (Å²) in [6, 6.07) is 22.8. The molecule has 2 N–H and O–H groups in total. The van der Waals surface area contributed by atoms with Crippen LogP contribution in [0, 0.1) is 6.92 Å². The Labute approximate surface area is 200 Å². The summed E-state index contributed by atoms with van der Waals surface area (Å²) in [7, 11) is -3.70. The number of benzene rings is 3. The zero-order valence-electron chi connectivity index (χ0n) is 17.6. The molecule has 0 aliphatic carbocycles. The van der Waals surface area contributed by atoms with Crippen LogP contribution in [0.4, 0.5) is 10.8 Å². The third-order valence-corrected chi connectivity index (χ3v) is 8.00. The molecular weight excluding hydrogens is 476 g/mol. The Balaban J connectivity index is 1.35. The van der Waals surface area contributed by atoms with E-state index in [1.165, 1.54) is 16.9 Å². The summed E-state index contributed by atoms with van der Waals surface area (Å²) in [5, 5.41) is 11.3. The summed E-state index contributed by atoms with van der Waals surface area (Å²) in [6.45, 7) is 1.89. The molecule has 0 fully saturated rings. The van der Waals surface area contributed by atoms with E-state index >= 15 is 0 Å². The van der Waals surface area contributed by atoms with Crippen LogP contribution in [-0.2, 0) is 15.8 Å². The molecule has 1 heterocycles. The van der Waals surface area contributed by atoms with Gasteiger partial charge in [-0.3, -0.25) is 14.8 Å². The smallest absolute Gasteiger partial charge is 0.261 e. The first-order valence-corrected chi connectivity index (χ1v) is 13.2. The van der Waals surface area contributed by atoms with E-state index in [1.54, 1.807) is 60.3 Å². The molecule has 168 valence electrons. The molecule has 0 bridgehead atoms. The Morgan fingerprint density at radius 2 is 1.64 bits per heavy atom. The highest BCUT2D eigenvalue weighted by atomic mass is 32.2. The Morgan fingerprint density at radius 1 is 0.939 bits per heavy atom. The van der Waals surface area contributed by atoms with Gasteiger partial charge in [-0.15, -0.1) is 10.2 Å². The number of hydrogen-bond acceptors (Lipinski definition) is 7. The number of aryl methyl sites for hydroxylation is 1. The fraction of sp³-hybridized carbons (Fsp3) is 0.0870. The highest BCUT2D eigenvalue weighted by Gasteiger charge is 2.15. The summed E-state index contributed by atoms with van der Waals surface area (Å²) in [5.41, 5.74) is 2.90. The Hall–Kier alpha value is -3.21. The summed E-state index contributed by atoms with van der Waals surface area (Å²) >= 11 is 2.85. The van der Waals surface area contributed by atoms with Gasteiger partial charge in [0.2, 0.25) is 5.13 Å². The van der Waals surface area contributed by atoms with Gasteiger partial charge >= 0.3 is 0 Å². The number of nitrogens with one attached hydrogen (secondary N) is 2. The van der Waals surface area contributed by atoms with E-state index in [-0.39, 0.29) is 10.8 Å². The number of rotatable bonds is 8. The second kappa shape index (κ2) is 10.2. The summed E-state index contributed by atoms with van der Waals surface area (Å²) < 4.78 is 28.3. The van der Waals surface area contributed by atoms with Crippen molar-refractivity contribution in [3.63, 3.8) is 0 Å². The lowest BCUT2D eigenvalue weighted by atomic mass is 10.2. The van der Waals surface area contributed by atoms with Gasteiger partial charge in [-0.2, -0.15) is 0 Å². The first-order chi connectivity index (χ1) is 15.9. The topological polar surface area (TPSA) is 101 Å². The largest absolute Gasteiger partial charge is 0.296 e. The summed E-state index contributed by atoms with van der Waals surface area (Å²) in [5.74, 6) is 0.419. The molecular formula is C23H20N4O3S3. The molecule has 0 spiro atoms. The minimum Gasteiger partial charge on any atom is -0.296 e. The van der Waals surface area contributed by atoms with Gasteiger partial charge in [-0.05, 0) is 48.9 Å². The first kappa shape index (κ1) is 23.0. The van der Waals surface area contributed by atoms with Crippen molar-refractivity contribution >= 4 is 49.8 Å². The van der Waals surface area contributed by atoms with Gasteiger partial charge in [0.25, 0.3) is 15.9 Å². The summed E-state index contributed by atoms with van der Waals surface area (Å²) in [4.78, 5) is 12.7. The number of nitrogens with zero attached hydrogens (tertiary/aromatic N) is 2. The molecule has 4 rings (SSSR count). The summed E-state index contributed by atoms with van der Waals surface area (Å²) in [6.07, 6.45) is 0. The van der Waals surface area contributed by atoms with Gasteiger partial charge in [-0.25, -0.2) is 8.42 Å². The van der Waals surface area contributed by atoms with Crippen LogP contribution in [0.15, 0.2) is 88.1 Å². The van der Waals surface area contributed by atoms with Crippen LogP contribution in [0.25, 0.3) is 0 Å². The molecule has 0 unspecified atom stereocenters. The van der Waals surface area contributed by atoms with Crippen molar-refractivity contribution in [2.24, 2.45) is 0 Å². The fourth-order valence-electron chi connectivity index (χ4n) is 2.83. The van der Waals surface area contributed by atoms with E-state index in [0.717, 1.165) is 15.7 Å². The molecule has 4 aromatic rings. The normalized spacial score (nSPS) is 11.2. The first-order valence-electron chi connectivity index (χ1n) is 9.90. The van der Waals surface area contributed by atoms with Gasteiger partial charge in [0.05, 0.1) is 4.90 Å². The van der Waals surface area contributed by atoms with E-state index in [9.17, 15) is 13.2 Å². The third kappa shape index (κ3) is 6.19. The number of sulfonamides is 1. The second-order valence-electron chi connectivity index (χ2n) is 7.10. The molecule has 0 radical (unpaired) electrons. The number of thioether (sulfide) groups is 1. The van der Waals surface area contributed by atoms with Crippen LogP contribution in [0.2, 0.25) is 0 Å². The van der Waals surface area contributed by atoms with Gasteiger partial charge in [0, 0.05) is 17.0 Å². The fourth-order valence-corrected chi connectivity index (χ4v) is 5.59. The quantitative estimate of drug-likeness (QED) is 0.257. The van der Waals surface area contributed by atoms with Crippen molar-refractivity contribution in [2.75, 3.05) is 10.0 Å². The predicted molar refractivity (Wildman–Crippen MR) is 132 cm³/mol. The van der Waals surface area contributed by atoms with Gasteiger partial charge in [0.1, 0.15) is 0 Å². The van der Waals surface area contributed by atoms with Crippen molar-refractivity contribution < 1.29 is 13.2 Å². The maximum absolute atomic E-state index is 12.5. The van der Waals surface area contributed by atoms with E-state index in [1.807, 2.05) is 37.3 Å². The van der Waals surface area contributed by atoms with Crippen molar-refractivity contribution in [3.05, 3.63) is 95.6 Å². The minimum absolute atomic E-state index is 0.173. The average Bonchev–Trinajstić information content (AvgIpc) is 3.26. The predicted octanol–water partition coefficient (Wildman–Crippen LogP) is 5.19. The molecule has 33 heavy (non-hydrogen) atoms. The molecule has 0 aliphatic rings. The number of carbonyl (C=O) groups excluding carboxylic acids is 1. The van der Waals surface area contributed by atoms with Crippen LogP contribution < -0.4 is 10.0 Å². The van der Waals surface area contributed by atoms with Crippen molar-refractivity contribution in [1.29, 1.82) is 0 Å². The molecule has 1 aromatic heterocycles. The van der Waals surface area contributed by atoms with E-state index < -0.39 is 10.0 Å². The van der Waals surface area contributed by atoms with E-state index in [4.69, 9.17) is 0 Å². The van der Waals surface area contributed by atoms with Crippen LogP contribution >= 0.6 is 23.1 Å². The number of carbonyl (C=O) groups is 1. The van der Waals surface area contributed by atoms with Gasteiger partial charge in [0.15, 0.2) is 4.34 Å². The van der Waals surface area contributed by atoms with Crippen LogP contribution in [0.1, 0.15) is 21.5 Å². The molecule has 0 aliphatic heterocycles. The van der Waals surface area contributed by atoms with E-state index in [2.05, 4.69) is 20.2 Å². The third-order valence-electron chi connectivity index (χ3n) is 4.56. The number of hydrogen-bond donors (Lipinski definition) is 2. The number of anilines is 2. The zero-order valence-corrected chi connectivity index (χ0v) is 20.0. The lowest BCUT2D eigenvalue weighted by Gasteiger charge is -2.09.